The monoisotopic (exact) mass is 281 g/mol. The molecule has 0 atom stereocenters. The van der Waals surface area contributed by atoms with Crippen LogP contribution in [0.2, 0.25) is 0 Å². The van der Waals surface area contributed by atoms with Gasteiger partial charge in [-0.1, -0.05) is 31.9 Å². The predicted octanol–water partition coefficient (Wildman–Crippen LogP) is 2.40. The van der Waals surface area contributed by atoms with E-state index in [1.54, 1.807) is 0 Å². The summed E-state index contributed by atoms with van der Waals surface area (Å²) in [6, 6.07) is 5.64. The number of nitrogen functional groups attached to an aromatic ring is 1. The zero-order valence-electron chi connectivity index (χ0n) is 6.01. The first kappa shape index (κ1) is 10.9. The molecule has 0 heterocycles. The smallest absolute Gasteiger partial charge is 0.0336 e. The van der Waals surface area contributed by atoms with Crippen LogP contribution in [0.3, 0.4) is 0 Å². The fraction of sp³-hybridized carbons (Fsp3) is 0.143. The number of halogens is 2. The van der Waals surface area contributed by atoms with Crippen LogP contribution in [0.15, 0.2) is 27.1 Å². The molecule has 3 N–H and O–H groups in total. The van der Waals surface area contributed by atoms with Gasteiger partial charge < -0.3 is 10.8 Å². The van der Waals surface area contributed by atoms with E-state index in [2.05, 4.69) is 31.9 Å². The zero-order valence-corrected chi connectivity index (χ0v) is 9.18. The Labute approximate surface area is 82.7 Å². The topological polar surface area (TPSA) is 46.2 Å². The summed E-state index contributed by atoms with van der Waals surface area (Å²) in [5.74, 6) is 0. The van der Waals surface area contributed by atoms with Crippen molar-refractivity contribution in [2.75, 3.05) is 12.8 Å². The van der Waals surface area contributed by atoms with Crippen molar-refractivity contribution < 1.29 is 5.11 Å². The Morgan fingerprint density at radius 3 is 1.73 bits per heavy atom. The van der Waals surface area contributed by atoms with Crippen LogP contribution in [0.1, 0.15) is 0 Å². The minimum Gasteiger partial charge on any atom is -0.400 e. The van der Waals surface area contributed by atoms with Gasteiger partial charge in [0.1, 0.15) is 0 Å². The van der Waals surface area contributed by atoms with Gasteiger partial charge in [-0.15, -0.1) is 0 Å². The Kier molecular flexibility index (Phi) is 5.54. The fourth-order valence-corrected chi connectivity index (χ4v) is 1.90. The highest BCUT2D eigenvalue weighted by atomic mass is 79.9. The first-order valence-corrected chi connectivity index (χ1v) is 4.43. The summed E-state index contributed by atoms with van der Waals surface area (Å²) in [7, 11) is 1.00. The Morgan fingerprint density at radius 2 is 1.45 bits per heavy atom. The molecule has 0 radical (unpaired) electrons. The van der Waals surface area contributed by atoms with E-state index in [0.717, 1.165) is 21.7 Å². The van der Waals surface area contributed by atoms with Crippen LogP contribution in [0.4, 0.5) is 5.69 Å². The molecule has 0 aliphatic carbocycles. The summed E-state index contributed by atoms with van der Waals surface area (Å²) >= 11 is 6.61. The van der Waals surface area contributed by atoms with Crippen LogP contribution >= 0.6 is 31.9 Å². The van der Waals surface area contributed by atoms with Crippen LogP contribution in [-0.4, -0.2) is 12.2 Å². The third-order valence-electron chi connectivity index (χ3n) is 0.885. The van der Waals surface area contributed by atoms with Crippen LogP contribution in [0, 0.1) is 0 Å². The first-order valence-electron chi connectivity index (χ1n) is 2.85. The Hall–Kier alpha value is -0.0600. The summed E-state index contributed by atoms with van der Waals surface area (Å²) in [5.41, 5.74) is 6.26. The van der Waals surface area contributed by atoms with Crippen molar-refractivity contribution in [1.82, 2.24) is 0 Å². The molecule has 62 valence electrons. The van der Waals surface area contributed by atoms with Crippen molar-refractivity contribution in [2.45, 2.75) is 0 Å². The third kappa shape index (κ3) is 4.40. The van der Waals surface area contributed by atoms with Gasteiger partial charge in [0.25, 0.3) is 0 Å². The van der Waals surface area contributed by atoms with E-state index in [4.69, 9.17) is 10.8 Å². The molecule has 0 spiro atoms. The number of rotatable bonds is 0. The van der Waals surface area contributed by atoms with Crippen LogP contribution in [0.25, 0.3) is 0 Å². The summed E-state index contributed by atoms with van der Waals surface area (Å²) in [6.07, 6.45) is 0. The maximum atomic E-state index is 7.00. The van der Waals surface area contributed by atoms with Gasteiger partial charge >= 0.3 is 0 Å². The average Bonchev–Trinajstić information content (AvgIpc) is 1.88. The fourth-order valence-electron chi connectivity index (χ4n) is 0.575. The Morgan fingerprint density at radius 1 is 1.09 bits per heavy atom. The lowest BCUT2D eigenvalue weighted by Gasteiger charge is -1.94. The average molecular weight is 283 g/mol. The first-order chi connectivity index (χ1) is 5.18. The van der Waals surface area contributed by atoms with Gasteiger partial charge in [-0.2, -0.15) is 0 Å². The molecule has 0 aliphatic rings. The number of hydrogen-bond acceptors (Lipinski definition) is 2. The minimum atomic E-state index is 0.760. The van der Waals surface area contributed by atoms with Gasteiger partial charge in [0.05, 0.1) is 0 Å². The van der Waals surface area contributed by atoms with Crippen molar-refractivity contribution in [1.29, 1.82) is 0 Å². The molecule has 0 saturated carbocycles. The number of anilines is 1. The predicted molar refractivity (Wildman–Crippen MR) is 54.4 cm³/mol. The van der Waals surface area contributed by atoms with E-state index in [-0.39, 0.29) is 0 Å². The van der Waals surface area contributed by atoms with Crippen LogP contribution in [0.5, 0.6) is 0 Å². The number of benzene rings is 1. The number of hydrogen-bond donors (Lipinski definition) is 2. The van der Waals surface area contributed by atoms with E-state index < -0.39 is 0 Å². The molecule has 0 fully saturated rings. The van der Waals surface area contributed by atoms with Crippen molar-refractivity contribution in [2.24, 2.45) is 0 Å². The summed E-state index contributed by atoms with van der Waals surface area (Å²) in [5, 5.41) is 7.00. The standard InChI is InChI=1S/C6H5Br2N.CH4O/c7-4-1-5(8)3-6(9)2-4;1-2/h1-3H,9H2;2H,1H3. The molecule has 0 saturated heterocycles. The third-order valence-corrected chi connectivity index (χ3v) is 1.80. The van der Waals surface area contributed by atoms with E-state index >= 15 is 0 Å². The van der Waals surface area contributed by atoms with Gasteiger partial charge in [0, 0.05) is 21.7 Å². The van der Waals surface area contributed by atoms with Crippen molar-refractivity contribution in [3.05, 3.63) is 27.1 Å². The second kappa shape index (κ2) is 5.57. The van der Waals surface area contributed by atoms with Gasteiger partial charge in [-0.3, -0.25) is 0 Å². The number of nitrogens with two attached hydrogens (primary N) is 1. The largest absolute Gasteiger partial charge is 0.400 e. The maximum absolute atomic E-state index is 7.00. The van der Waals surface area contributed by atoms with E-state index in [0.29, 0.717) is 0 Å². The van der Waals surface area contributed by atoms with Gasteiger partial charge in [-0.05, 0) is 18.2 Å². The molecule has 1 aromatic carbocycles. The molecule has 0 amide bonds. The second-order valence-corrected chi connectivity index (χ2v) is 3.53. The molecule has 4 heteroatoms. The molecular formula is C7H9Br2NO. The Bertz CT molecular complexity index is 177. The minimum absolute atomic E-state index is 0.760. The molecule has 0 unspecified atom stereocenters. The van der Waals surface area contributed by atoms with Gasteiger partial charge in [0.15, 0.2) is 0 Å². The van der Waals surface area contributed by atoms with E-state index in [9.17, 15) is 0 Å². The quantitative estimate of drug-likeness (QED) is 0.718. The lowest BCUT2D eigenvalue weighted by atomic mass is 10.3. The SMILES string of the molecule is CO.Nc1cc(Br)cc(Br)c1. The van der Waals surface area contributed by atoms with Crippen LogP contribution in [-0.2, 0) is 0 Å². The highest BCUT2D eigenvalue weighted by molar-refractivity contribution is 9.11. The van der Waals surface area contributed by atoms with E-state index in [1.807, 2.05) is 18.2 Å². The second-order valence-electron chi connectivity index (χ2n) is 1.70. The molecule has 0 aliphatic heterocycles. The zero-order chi connectivity index (χ0) is 8.85. The molecule has 0 bridgehead atoms. The van der Waals surface area contributed by atoms with Crippen LogP contribution < -0.4 is 5.73 Å². The summed E-state index contributed by atoms with van der Waals surface area (Å²) < 4.78 is 1.99. The normalized spacial score (nSPS) is 8.36. The lowest BCUT2D eigenvalue weighted by molar-refractivity contribution is 0.399. The van der Waals surface area contributed by atoms with Crippen molar-refractivity contribution in [3.63, 3.8) is 0 Å². The molecular weight excluding hydrogens is 274 g/mol. The van der Waals surface area contributed by atoms with Crippen molar-refractivity contribution in [3.8, 4) is 0 Å². The van der Waals surface area contributed by atoms with Gasteiger partial charge in [0.2, 0.25) is 0 Å². The number of aliphatic hydroxyl groups excluding tert-OH is 1. The molecule has 2 nitrogen and oxygen atoms in total. The van der Waals surface area contributed by atoms with E-state index in [1.165, 1.54) is 0 Å². The lowest BCUT2D eigenvalue weighted by Crippen LogP contribution is -1.82. The molecule has 11 heavy (non-hydrogen) atoms. The summed E-state index contributed by atoms with van der Waals surface area (Å²) in [6.45, 7) is 0. The maximum Gasteiger partial charge on any atom is 0.0336 e. The Balaban J connectivity index is 0.000000461. The highest BCUT2D eigenvalue weighted by Gasteiger charge is 1.90. The molecule has 0 aromatic heterocycles. The highest BCUT2D eigenvalue weighted by Crippen LogP contribution is 2.20. The number of aliphatic hydroxyl groups is 1. The summed E-state index contributed by atoms with van der Waals surface area (Å²) in [4.78, 5) is 0. The van der Waals surface area contributed by atoms with Crippen molar-refractivity contribution >= 4 is 37.5 Å². The molecule has 1 rings (SSSR count). The molecule has 1 aromatic rings. The van der Waals surface area contributed by atoms with Gasteiger partial charge in [-0.25, -0.2) is 0 Å².